The molecule has 0 fully saturated rings. The Morgan fingerprint density at radius 3 is 2.03 bits per heavy atom. The zero-order valence-corrected chi connectivity index (χ0v) is 23.2. The summed E-state index contributed by atoms with van der Waals surface area (Å²) in [6.07, 6.45) is 0. The molecule has 3 aromatic rings. The minimum absolute atomic E-state index is 0.0174. The number of carbonyl (C=O) groups is 2. The molecule has 0 aliphatic rings. The van der Waals surface area contributed by atoms with Crippen LogP contribution < -0.4 is 20.1 Å². The van der Waals surface area contributed by atoms with E-state index < -0.39 is 22.5 Å². The molecule has 3 rings (SSSR count). The van der Waals surface area contributed by atoms with Crippen molar-refractivity contribution in [3.05, 3.63) is 77.9 Å². The number of likely N-dealkylation sites (N-methyl/N-ethyl adjacent to an activating group) is 1. The van der Waals surface area contributed by atoms with Crippen LogP contribution in [-0.2, 0) is 20.2 Å². The van der Waals surface area contributed by atoms with E-state index in [1.54, 1.807) is 36.4 Å². The van der Waals surface area contributed by atoms with Gasteiger partial charge in [-0.05, 0) is 53.4 Å². The summed E-state index contributed by atoms with van der Waals surface area (Å²) in [5.74, 6) is -0.177. The van der Waals surface area contributed by atoms with Gasteiger partial charge in [0.05, 0.1) is 25.7 Å². The Morgan fingerprint density at radius 1 is 0.842 bits per heavy atom. The molecule has 0 radical (unpaired) electrons. The van der Waals surface area contributed by atoms with Gasteiger partial charge in [0.25, 0.3) is 5.91 Å². The van der Waals surface area contributed by atoms with Crippen LogP contribution in [0.1, 0.15) is 36.7 Å². The van der Waals surface area contributed by atoms with Gasteiger partial charge in [0, 0.05) is 30.1 Å². The summed E-state index contributed by atoms with van der Waals surface area (Å²) in [6.45, 7) is 5.88. The van der Waals surface area contributed by atoms with Crippen LogP contribution >= 0.6 is 0 Å². The zero-order valence-electron chi connectivity index (χ0n) is 22.4. The molecule has 2 N–H and O–H groups in total. The number of hydrogen-bond donors (Lipinski definition) is 2. The Kier molecular flexibility index (Phi) is 8.80. The number of methoxy groups -OCH3 is 2. The molecule has 0 bridgehead atoms. The lowest BCUT2D eigenvalue weighted by atomic mass is 9.87. The maximum atomic E-state index is 13.0. The van der Waals surface area contributed by atoms with Crippen LogP contribution in [0.2, 0.25) is 0 Å². The van der Waals surface area contributed by atoms with E-state index in [9.17, 15) is 18.0 Å². The second-order valence-corrected chi connectivity index (χ2v) is 11.7. The van der Waals surface area contributed by atoms with Crippen LogP contribution in [0.15, 0.2) is 71.6 Å². The predicted octanol–water partition coefficient (Wildman–Crippen LogP) is 4.51. The van der Waals surface area contributed by atoms with Crippen molar-refractivity contribution < 1.29 is 27.5 Å². The van der Waals surface area contributed by atoms with Crippen molar-refractivity contribution >= 4 is 33.2 Å². The zero-order chi connectivity index (χ0) is 28.1. The number of rotatable bonds is 9. The number of nitrogens with one attached hydrogen (secondary N) is 2. The third-order valence-electron chi connectivity index (χ3n) is 5.85. The first-order valence-electron chi connectivity index (χ1n) is 11.9. The van der Waals surface area contributed by atoms with Gasteiger partial charge in [-0.1, -0.05) is 39.0 Å². The quantitative estimate of drug-likeness (QED) is 0.414. The number of hydrogen-bond acceptors (Lipinski definition) is 6. The highest BCUT2D eigenvalue weighted by atomic mass is 32.2. The van der Waals surface area contributed by atoms with Gasteiger partial charge < -0.3 is 20.1 Å². The van der Waals surface area contributed by atoms with Gasteiger partial charge in [-0.2, -0.15) is 4.31 Å². The Morgan fingerprint density at radius 2 is 1.45 bits per heavy atom. The van der Waals surface area contributed by atoms with Crippen molar-refractivity contribution in [2.75, 3.05) is 38.4 Å². The van der Waals surface area contributed by atoms with Gasteiger partial charge in [-0.15, -0.1) is 0 Å². The summed E-state index contributed by atoms with van der Waals surface area (Å²) < 4.78 is 37.2. The lowest BCUT2D eigenvalue weighted by molar-refractivity contribution is -0.116. The molecule has 0 aliphatic heterocycles. The second kappa shape index (κ2) is 11.7. The molecule has 0 spiro atoms. The molecule has 10 heteroatoms. The lowest BCUT2D eigenvalue weighted by Gasteiger charge is -2.19. The van der Waals surface area contributed by atoms with Crippen molar-refractivity contribution in [3.8, 4) is 11.5 Å². The normalized spacial score (nSPS) is 11.7. The predicted molar refractivity (Wildman–Crippen MR) is 148 cm³/mol. The number of benzene rings is 3. The maximum absolute atomic E-state index is 13.0. The van der Waals surface area contributed by atoms with Crippen LogP contribution in [0.25, 0.3) is 0 Å². The van der Waals surface area contributed by atoms with Gasteiger partial charge in [0.2, 0.25) is 15.9 Å². The van der Waals surface area contributed by atoms with Crippen molar-refractivity contribution in [1.82, 2.24) is 4.31 Å². The fourth-order valence-electron chi connectivity index (χ4n) is 3.64. The Bertz CT molecular complexity index is 1410. The van der Waals surface area contributed by atoms with E-state index >= 15 is 0 Å². The van der Waals surface area contributed by atoms with Gasteiger partial charge in [0.15, 0.2) is 11.5 Å². The summed E-state index contributed by atoms with van der Waals surface area (Å²) in [5.41, 5.74) is 2.51. The number of amides is 2. The molecule has 0 atom stereocenters. The molecule has 0 saturated heterocycles. The van der Waals surface area contributed by atoms with Gasteiger partial charge >= 0.3 is 0 Å². The fourth-order valence-corrected chi connectivity index (χ4v) is 4.79. The molecule has 0 aromatic heterocycles. The first-order chi connectivity index (χ1) is 17.8. The molecular formula is C28H33N3O6S. The maximum Gasteiger partial charge on any atom is 0.255 e. The van der Waals surface area contributed by atoms with E-state index in [0.29, 0.717) is 22.7 Å². The largest absolute Gasteiger partial charge is 0.493 e. The molecule has 2 amide bonds. The highest BCUT2D eigenvalue weighted by molar-refractivity contribution is 7.89. The molecule has 0 saturated carbocycles. The highest BCUT2D eigenvalue weighted by Crippen LogP contribution is 2.30. The number of nitrogens with zero attached hydrogens (tertiary/aromatic N) is 1. The first kappa shape index (κ1) is 28.7. The van der Waals surface area contributed by atoms with Crippen molar-refractivity contribution in [1.29, 1.82) is 0 Å². The molecule has 9 nitrogen and oxygen atoms in total. The number of sulfonamides is 1. The Hall–Kier alpha value is -3.89. The van der Waals surface area contributed by atoms with Crippen LogP contribution in [0, 0.1) is 0 Å². The summed E-state index contributed by atoms with van der Waals surface area (Å²) in [6, 6.07) is 18.2. The van der Waals surface area contributed by atoms with Crippen molar-refractivity contribution in [2.45, 2.75) is 31.1 Å². The average molecular weight is 540 g/mol. The first-order valence-corrected chi connectivity index (χ1v) is 13.3. The SMILES string of the molecule is COc1ccc(S(=O)(=O)N(C)CC(=O)Nc2cccc(NC(=O)c3ccc(C(C)(C)C)cc3)c2)cc1OC. The summed E-state index contributed by atoms with van der Waals surface area (Å²) in [4.78, 5) is 25.3. The lowest BCUT2D eigenvalue weighted by Crippen LogP contribution is -2.35. The average Bonchev–Trinajstić information content (AvgIpc) is 2.87. The van der Waals surface area contributed by atoms with Crippen molar-refractivity contribution in [2.24, 2.45) is 0 Å². The monoisotopic (exact) mass is 539 g/mol. The van der Waals surface area contributed by atoms with Crippen molar-refractivity contribution in [3.63, 3.8) is 0 Å². The molecule has 3 aromatic carbocycles. The Labute approximate surface area is 223 Å². The van der Waals surface area contributed by atoms with E-state index in [1.807, 2.05) is 12.1 Å². The van der Waals surface area contributed by atoms with E-state index in [1.165, 1.54) is 39.5 Å². The van der Waals surface area contributed by atoms with Crippen LogP contribution in [0.5, 0.6) is 11.5 Å². The molecule has 202 valence electrons. The number of carbonyl (C=O) groups excluding carboxylic acids is 2. The smallest absolute Gasteiger partial charge is 0.255 e. The van der Waals surface area contributed by atoms with Crippen LogP contribution in [-0.4, -0.2) is 52.3 Å². The topological polar surface area (TPSA) is 114 Å². The van der Waals surface area contributed by atoms with Gasteiger partial charge in [0.1, 0.15) is 0 Å². The van der Waals surface area contributed by atoms with E-state index in [0.717, 1.165) is 9.87 Å². The van der Waals surface area contributed by atoms with E-state index in [4.69, 9.17) is 9.47 Å². The van der Waals surface area contributed by atoms with Crippen LogP contribution in [0.3, 0.4) is 0 Å². The molecule has 0 unspecified atom stereocenters. The third kappa shape index (κ3) is 6.90. The summed E-state index contributed by atoms with van der Waals surface area (Å²) >= 11 is 0. The summed E-state index contributed by atoms with van der Waals surface area (Å²) in [7, 11) is 0.200. The van der Waals surface area contributed by atoms with Gasteiger partial charge in [-0.3, -0.25) is 9.59 Å². The second-order valence-electron chi connectivity index (χ2n) is 9.69. The molecule has 38 heavy (non-hydrogen) atoms. The fraction of sp³-hybridized carbons (Fsp3) is 0.286. The number of ether oxygens (including phenoxy) is 2. The van der Waals surface area contributed by atoms with E-state index in [2.05, 4.69) is 31.4 Å². The highest BCUT2D eigenvalue weighted by Gasteiger charge is 2.24. The molecule has 0 heterocycles. The Balaban J connectivity index is 1.65. The standard InChI is InChI=1S/C28H33N3O6S/c1-28(2,3)20-12-10-19(11-13-20)27(33)30-22-9-7-8-21(16-22)29-26(32)18-31(4)38(34,35)23-14-15-24(36-5)25(17-23)37-6/h7-17H,18H2,1-6H3,(H,29,32)(H,30,33). The molecule has 0 aliphatic carbocycles. The van der Waals surface area contributed by atoms with E-state index in [-0.39, 0.29) is 22.0 Å². The summed E-state index contributed by atoms with van der Waals surface area (Å²) in [5, 5.41) is 5.49. The molecular weight excluding hydrogens is 506 g/mol. The van der Waals surface area contributed by atoms with Gasteiger partial charge in [-0.25, -0.2) is 8.42 Å². The third-order valence-corrected chi connectivity index (χ3v) is 7.65. The minimum atomic E-state index is -3.97. The van der Waals surface area contributed by atoms with Crippen LogP contribution in [0.4, 0.5) is 11.4 Å². The number of anilines is 2. The minimum Gasteiger partial charge on any atom is -0.493 e.